The Bertz CT molecular complexity index is 541. The Hall–Kier alpha value is -1.18. The third-order valence-corrected chi connectivity index (χ3v) is 7.19. The van der Waals surface area contributed by atoms with Crippen LogP contribution in [0.25, 0.3) is 0 Å². The number of unbranched alkanes of at least 4 members (excludes halogenated alkanes) is 18. The van der Waals surface area contributed by atoms with Crippen LogP contribution in [0.5, 0.6) is 0 Å². The molecule has 0 aliphatic carbocycles. The van der Waals surface area contributed by atoms with Crippen molar-refractivity contribution < 1.29 is 33.3 Å². The van der Waals surface area contributed by atoms with Gasteiger partial charge < -0.3 is 23.7 Å². The van der Waals surface area contributed by atoms with E-state index in [-0.39, 0.29) is 25.2 Å². The Morgan fingerprint density at radius 1 is 0.341 bits per heavy atom. The Morgan fingerprint density at radius 3 is 0.878 bits per heavy atom. The molecule has 0 bridgehead atoms. The molecule has 0 aliphatic rings. The second-order valence-corrected chi connectivity index (χ2v) is 11.1. The first-order valence-electron chi connectivity index (χ1n) is 17.2. The van der Waals surface area contributed by atoms with Crippen molar-refractivity contribution in [2.24, 2.45) is 0 Å². The highest BCUT2D eigenvalue weighted by Gasteiger charge is 2.04. The maximum Gasteiger partial charge on any atom is 0.305 e. The van der Waals surface area contributed by atoms with Crippen molar-refractivity contribution in [3.63, 3.8) is 0 Å². The zero-order chi connectivity index (χ0) is 29.9. The molecule has 7 heteroatoms. The fourth-order valence-corrected chi connectivity index (χ4v) is 4.63. The second-order valence-electron chi connectivity index (χ2n) is 11.1. The standard InChI is InChI=1S/C34H66O7/c1-3-5-7-9-11-12-13-14-15-16-18-20-22-24-34(36)41-32-30-39-28-26-37-25-27-38-29-31-40-33(35)23-21-19-17-10-8-6-4-2/h3-32H2,1-2H3. The van der Waals surface area contributed by atoms with Crippen molar-refractivity contribution in [3.8, 4) is 0 Å². The van der Waals surface area contributed by atoms with E-state index in [0.717, 1.165) is 25.7 Å². The van der Waals surface area contributed by atoms with E-state index in [9.17, 15) is 9.59 Å². The van der Waals surface area contributed by atoms with Crippen LogP contribution < -0.4 is 0 Å². The van der Waals surface area contributed by atoms with Gasteiger partial charge in [-0.05, 0) is 12.8 Å². The highest BCUT2D eigenvalue weighted by molar-refractivity contribution is 5.69. The van der Waals surface area contributed by atoms with Gasteiger partial charge in [0.1, 0.15) is 13.2 Å². The topological polar surface area (TPSA) is 80.3 Å². The number of carbonyl (C=O) groups excluding carboxylic acids is 2. The zero-order valence-electron chi connectivity index (χ0n) is 27.1. The van der Waals surface area contributed by atoms with Crippen molar-refractivity contribution in [1.82, 2.24) is 0 Å². The van der Waals surface area contributed by atoms with Crippen LogP contribution in [0.2, 0.25) is 0 Å². The van der Waals surface area contributed by atoms with E-state index in [1.807, 2.05) is 0 Å². The molecule has 0 radical (unpaired) electrons. The summed E-state index contributed by atoms with van der Waals surface area (Å²) < 4.78 is 26.7. The summed E-state index contributed by atoms with van der Waals surface area (Å²) >= 11 is 0. The van der Waals surface area contributed by atoms with Gasteiger partial charge in [0, 0.05) is 12.8 Å². The molecule has 0 fully saturated rings. The zero-order valence-corrected chi connectivity index (χ0v) is 27.1. The van der Waals surface area contributed by atoms with E-state index in [0.29, 0.717) is 52.5 Å². The van der Waals surface area contributed by atoms with Gasteiger partial charge in [0.05, 0.1) is 39.6 Å². The first-order valence-corrected chi connectivity index (χ1v) is 17.2. The molecule has 244 valence electrons. The summed E-state index contributed by atoms with van der Waals surface area (Å²) in [5.74, 6) is -0.269. The number of carbonyl (C=O) groups is 2. The van der Waals surface area contributed by atoms with Gasteiger partial charge in [-0.1, -0.05) is 129 Å². The summed E-state index contributed by atoms with van der Waals surface area (Å²) in [4.78, 5) is 23.5. The molecule has 0 aromatic rings. The van der Waals surface area contributed by atoms with Crippen molar-refractivity contribution in [2.75, 3.05) is 52.9 Å². The molecule has 0 saturated carbocycles. The largest absolute Gasteiger partial charge is 0.463 e. The minimum absolute atomic E-state index is 0.131. The fraction of sp³-hybridized carbons (Fsp3) is 0.941. The van der Waals surface area contributed by atoms with E-state index in [2.05, 4.69) is 13.8 Å². The normalized spacial score (nSPS) is 11.2. The third-order valence-electron chi connectivity index (χ3n) is 7.19. The Balaban J connectivity index is 3.21. The van der Waals surface area contributed by atoms with Crippen molar-refractivity contribution in [3.05, 3.63) is 0 Å². The van der Waals surface area contributed by atoms with Gasteiger partial charge in [-0.2, -0.15) is 0 Å². The highest BCUT2D eigenvalue weighted by atomic mass is 16.6. The summed E-state index contributed by atoms with van der Waals surface area (Å²) in [7, 11) is 0. The fourth-order valence-electron chi connectivity index (χ4n) is 4.63. The van der Waals surface area contributed by atoms with Crippen LogP contribution in [0.15, 0.2) is 0 Å². The van der Waals surface area contributed by atoms with Crippen molar-refractivity contribution in [1.29, 1.82) is 0 Å². The van der Waals surface area contributed by atoms with Gasteiger partial charge in [0.25, 0.3) is 0 Å². The SMILES string of the molecule is CCCCCCCCCCCCCCCC(=O)OCCOCCOCCOCCOC(=O)CCCCCCCCC. The number of hydrogen-bond acceptors (Lipinski definition) is 7. The van der Waals surface area contributed by atoms with Gasteiger partial charge in [-0.3, -0.25) is 9.59 Å². The summed E-state index contributed by atoms with van der Waals surface area (Å²) in [6.45, 7) is 7.65. The minimum Gasteiger partial charge on any atom is -0.463 e. The first-order chi connectivity index (χ1) is 20.2. The summed E-state index contributed by atoms with van der Waals surface area (Å²) in [5.41, 5.74) is 0. The molecule has 0 amide bonds. The summed E-state index contributed by atoms with van der Waals surface area (Å²) in [5, 5.41) is 0. The van der Waals surface area contributed by atoms with Crippen LogP contribution in [0.1, 0.15) is 155 Å². The van der Waals surface area contributed by atoms with E-state index >= 15 is 0 Å². The molecule has 0 aromatic carbocycles. The van der Waals surface area contributed by atoms with E-state index in [1.165, 1.54) is 103 Å². The number of hydrogen-bond donors (Lipinski definition) is 0. The summed E-state index contributed by atoms with van der Waals surface area (Å²) in [6, 6.07) is 0. The highest BCUT2D eigenvalue weighted by Crippen LogP contribution is 2.13. The lowest BCUT2D eigenvalue weighted by atomic mass is 10.0. The molecule has 0 heterocycles. The second kappa shape index (κ2) is 35.0. The maximum atomic E-state index is 11.8. The lowest BCUT2D eigenvalue weighted by Crippen LogP contribution is -2.15. The molecule has 0 rings (SSSR count). The molecule has 0 aromatic heterocycles. The minimum atomic E-state index is -0.138. The monoisotopic (exact) mass is 586 g/mol. The molecule has 7 nitrogen and oxygen atoms in total. The van der Waals surface area contributed by atoms with Crippen LogP contribution in [0.3, 0.4) is 0 Å². The average Bonchev–Trinajstić information content (AvgIpc) is 2.97. The van der Waals surface area contributed by atoms with Crippen LogP contribution in [-0.4, -0.2) is 64.8 Å². The van der Waals surface area contributed by atoms with E-state index < -0.39 is 0 Å². The third kappa shape index (κ3) is 34.9. The van der Waals surface area contributed by atoms with Crippen LogP contribution in [0.4, 0.5) is 0 Å². The number of esters is 2. The lowest BCUT2D eigenvalue weighted by molar-refractivity contribution is -0.146. The van der Waals surface area contributed by atoms with E-state index in [1.54, 1.807) is 0 Å². The molecule has 0 N–H and O–H groups in total. The maximum absolute atomic E-state index is 11.8. The predicted octanol–water partition coefficient (Wildman–Crippen LogP) is 8.74. The average molecular weight is 587 g/mol. The molecule has 0 aliphatic heterocycles. The molecule has 0 spiro atoms. The number of rotatable bonds is 34. The predicted molar refractivity (Wildman–Crippen MR) is 167 cm³/mol. The molecule has 41 heavy (non-hydrogen) atoms. The van der Waals surface area contributed by atoms with Crippen molar-refractivity contribution in [2.45, 2.75) is 155 Å². The summed E-state index contributed by atoms with van der Waals surface area (Å²) in [6.07, 6.45) is 26.2. The van der Waals surface area contributed by atoms with Gasteiger partial charge >= 0.3 is 11.9 Å². The molecule has 0 saturated heterocycles. The molecule has 0 atom stereocenters. The Labute approximate surface area is 253 Å². The molecular weight excluding hydrogens is 520 g/mol. The van der Waals surface area contributed by atoms with Crippen molar-refractivity contribution >= 4 is 11.9 Å². The van der Waals surface area contributed by atoms with E-state index in [4.69, 9.17) is 23.7 Å². The van der Waals surface area contributed by atoms with Crippen LogP contribution >= 0.6 is 0 Å². The van der Waals surface area contributed by atoms with Crippen LogP contribution in [0, 0.1) is 0 Å². The van der Waals surface area contributed by atoms with Gasteiger partial charge in [-0.15, -0.1) is 0 Å². The molecular formula is C34H66O7. The van der Waals surface area contributed by atoms with Crippen LogP contribution in [-0.2, 0) is 33.3 Å². The lowest BCUT2D eigenvalue weighted by Gasteiger charge is -2.08. The van der Waals surface area contributed by atoms with Gasteiger partial charge in [-0.25, -0.2) is 0 Å². The smallest absolute Gasteiger partial charge is 0.305 e. The Kier molecular flexibility index (Phi) is 34.0. The van der Waals surface area contributed by atoms with Gasteiger partial charge in [0.15, 0.2) is 0 Å². The first kappa shape index (κ1) is 39.8. The molecule has 0 unspecified atom stereocenters. The quantitative estimate of drug-likeness (QED) is 0.0551. The van der Waals surface area contributed by atoms with Gasteiger partial charge in [0.2, 0.25) is 0 Å². The Morgan fingerprint density at radius 2 is 0.585 bits per heavy atom. The number of ether oxygens (including phenoxy) is 5.